The Bertz CT molecular complexity index is 832. The van der Waals surface area contributed by atoms with E-state index in [1.54, 1.807) is 0 Å². The van der Waals surface area contributed by atoms with E-state index < -0.39 is 21.6 Å². The molecule has 1 saturated carbocycles. The van der Waals surface area contributed by atoms with Gasteiger partial charge in [0.1, 0.15) is 11.6 Å². The summed E-state index contributed by atoms with van der Waals surface area (Å²) in [6.07, 6.45) is 5.05. The van der Waals surface area contributed by atoms with Crippen LogP contribution in [0.5, 0.6) is 0 Å². The molecule has 0 aliphatic heterocycles. The molecule has 1 N–H and O–H groups in total. The third-order valence-electron chi connectivity index (χ3n) is 3.71. The first kappa shape index (κ1) is 16.5. The van der Waals surface area contributed by atoms with Crippen LogP contribution in [0.1, 0.15) is 34.9 Å². The summed E-state index contributed by atoms with van der Waals surface area (Å²) in [6.45, 7) is -0.0527. The van der Waals surface area contributed by atoms with Crippen LogP contribution in [0, 0.1) is 5.82 Å². The standard InChI is InChI=1S/C16H16FN3O3S/c17-13-3-5-14(6-4-13)24(22,23)8-7-18-16(21)12-9-19-15(20-10-12)11-1-2-11/h3-6,9-11H,1-2,7-8H2,(H,18,21). The van der Waals surface area contributed by atoms with Gasteiger partial charge in [0.25, 0.3) is 5.91 Å². The van der Waals surface area contributed by atoms with Gasteiger partial charge >= 0.3 is 0 Å². The third kappa shape index (κ3) is 3.94. The van der Waals surface area contributed by atoms with E-state index in [0.29, 0.717) is 11.5 Å². The van der Waals surface area contributed by atoms with Crippen LogP contribution >= 0.6 is 0 Å². The molecule has 1 fully saturated rings. The summed E-state index contributed by atoms with van der Waals surface area (Å²) < 4.78 is 37.0. The summed E-state index contributed by atoms with van der Waals surface area (Å²) >= 11 is 0. The van der Waals surface area contributed by atoms with Crippen LogP contribution in [0.3, 0.4) is 0 Å². The Balaban J connectivity index is 1.55. The minimum Gasteiger partial charge on any atom is -0.351 e. The molecule has 0 unspecified atom stereocenters. The monoisotopic (exact) mass is 349 g/mol. The highest BCUT2D eigenvalue weighted by Crippen LogP contribution is 2.37. The molecule has 0 radical (unpaired) electrons. The number of nitrogens with zero attached hydrogens (tertiary/aromatic N) is 2. The van der Waals surface area contributed by atoms with Crippen LogP contribution in [-0.4, -0.2) is 36.6 Å². The Kier molecular flexibility index (Phi) is 4.57. The third-order valence-corrected chi connectivity index (χ3v) is 5.44. The number of hydrogen-bond acceptors (Lipinski definition) is 5. The molecule has 0 atom stereocenters. The van der Waals surface area contributed by atoms with E-state index in [1.807, 2.05) is 0 Å². The Morgan fingerprint density at radius 1 is 1.17 bits per heavy atom. The second-order valence-electron chi connectivity index (χ2n) is 5.63. The summed E-state index contributed by atoms with van der Waals surface area (Å²) in [5.74, 6) is -0.0530. The molecule has 6 nitrogen and oxygen atoms in total. The lowest BCUT2D eigenvalue weighted by molar-refractivity contribution is 0.0955. The van der Waals surface area contributed by atoms with Crippen molar-refractivity contribution in [2.45, 2.75) is 23.7 Å². The molecule has 0 spiro atoms. The van der Waals surface area contributed by atoms with Gasteiger partial charge in [0.2, 0.25) is 0 Å². The first-order valence-electron chi connectivity index (χ1n) is 7.54. The molecule has 1 aliphatic rings. The van der Waals surface area contributed by atoms with Gasteiger partial charge in [-0.15, -0.1) is 0 Å². The summed E-state index contributed by atoms with van der Waals surface area (Å²) in [6, 6.07) is 4.59. The van der Waals surface area contributed by atoms with Crippen molar-refractivity contribution in [2.24, 2.45) is 0 Å². The first-order chi connectivity index (χ1) is 11.5. The van der Waals surface area contributed by atoms with E-state index in [9.17, 15) is 17.6 Å². The van der Waals surface area contributed by atoms with Crippen molar-refractivity contribution in [3.05, 3.63) is 53.9 Å². The van der Waals surface area contributed by atoms with Crippen LogP contribution in [-0.2, 0) is 9.84 Å². The van der Waals surface area contributed by atoms with Gasteiger partial charge in [0.05, 0.1) is 16.2 Å². The van der Waals surface area contributed by atoms with E-state index in [0.717, 1.165) is 30.8 Å². The minimum atomic E-state index is -3.58. The fourth-order valence-electron chi connectivity index (χ4n) is 2.17. The van der Waals surface area contributed by atoms with E-state index in [-0.39, 0.29) is 17.2 Å². The van der Waals surface area contributed by atoms with E-state index in [2.05, 4.69) is 15.3 Å². The second-order valence-corrected chi connectivity index (χ2v) is 7.74. The number of amides is 1. The highest BCUT2D eigenvalue weighted by Gasteiger charge is 2.26. The molecule has 1 aliphatic carbocycles. The lowest BCUT2D eigenvalue weighted by Crippen LogP contribution is -2.29. The van der Waals surface area contributed by atoms with Crippen molar-refractivity contribution in [3.63, 3.8) is 0 Å². The van der Waals surface area contributed by atoms with Crippen molar-refractivity contribution in [1.82, 2.24) is 15.3 Å². The molecule has 1 amide bonds. The molecule has 2 aromatic rings. The topological polar surface area (TPSA) is 89.0 Å². The normalized spacial score (nSPS) is 14.4. The molecule has 126 valence electrons. The Labute approximate surface area is 139 Å². The van der Waals surface area contributed by atoms with E-state index >= 15 is 0 Å². The summed E-state index contributed by atoms with van der Waals surface area (Å²) in [5.41, 5.74) is 0.290. The van der Waals surface area contributed by atoms with Gasteiger partial charge in [-0.1, -0.05) is 0 Å². The van der Waals surface area contributed by atoms with Gasteiger partial charge in [0.15, 0.2) is 9.84 Å². The highest BCUT2D eigenvalue weighted by atomic mass is 32.2. The smallest absolute Gasteiger partial charge is 0.254 e. The SMILES string of the molecule is O=C(NCCS(=O)(=O)c1ccc(F)cc1)c1cnc(C2CC2)nc1. The lowest BCUT2D eigenvalue weighted by Gasteiger charge is -2.07. The number of halogens is 1. The molecular weight excluding hydrogens is 333 g/mol. The van der Waals surface area contributed by atoms with Gasteiger partial charge in [-0.05, 0) is 37.1 Å². The fraction of sp³-hybridized carbons (Fsp3) is 0.312. The molecule has 1 aromatic carbocycles. The predicted molar refractivity (Wildman–Crippen MR) is 84.8 cm³/mol. The van der Waals surface area contributed by atoms with Gasteiger partial charge < -0.3 is 5.32 Å². The van der Waals surface area contributed by atoms with Crippen molar-refractivity contribution in [1.29, 1.82) is 0 Å². The van der Waals surface area contributed by atoms with Crippen molar-refractivity contribution < 1.29 is 17.6 Å². The predicted octanol–water partition coefficient (Wildman–Crippen LogP) is 1.70. The molecular formula is C16H16FN3O3S. The molecule has 8 heteroatoms. The van der Waals surface area contributed by atoms with Crippen LogP contribution in [0.25, 0.3) is 0 Å². The Hall–Kier alpha value is -2.35. The quantitative estimate of drug-likeness (QED) is 0.802. The summed E-state index contributed by atoms with van der Waals surface area (Å²) in [5, 5.41) is 2.53. The van der Waals surface area contributed by atoms with Gasteiger partial charge in [-0.25, -0.2) is 22.8 Å². The minimum absolute atomic E-state index is 0.0234. The van der Waals surface area contributed by atoms with Crippen molar-refractivity contribution >= 4 is 15.7 Å². The second kappa shape index (κ2) is 6.64. The number of sulfone groups is 1. The zero-order valence-corrected chi connectivity index (χ0v) is 13.6. The van der Waals surface area contributed by atoms with Crippen molar-refractivity contribution in [3.8, 4) is 0 Å². The first-order valence-corrected chi connectivity index (χ1v) is 9.19. The van der Waals surface area contributed by atoms with E-state index in [1.165, 1.54) is 24.5 Å². The number of carbonyl (C=O) groups is 1. The lowest BCUT2D eigenvalue weighted by atomic mass is 10.3. The largest absolute Gasteiger partial charge is 0.351 e. The van der Waals surface area contributed by atoms with Crippen LogP contribution < -0.4 is 5.32 Å². The Morgan fingerprint density at radius 3 is 2.38 bits per heavy atom. The molecule has 1 aromatic heterocycles. The average Bonchev–Trinajstić information content (AvgIpc) is 3.40. The average molecular weight is 349 g/mol. The fourth-order valence-corrected chi connectivity index (χ4v) is 3.33. The highest BCUT2D eigenvalue weighted by molar-refractivity contribution is 7.91. The number of nitrogens with one attached hydrogen (secondary N) is 1. The maximum atomic E-state index is 12.8. The molecule has 1 heterocycles. The number of benzene rings is 1. The maximum Gasteiger partial charge on any atom is 0.254 e. The Morgan fingerprint density at radius 2 is 1.79 bits per heavy atom. The van der Waals surface area contributed by atoms with E-state index in [4.69, 9.17) is 0 Å². The maximum absolute atomic E-state index is 12.8. The molecule has 0 saturated heterocycles. The number of hydrogen-bond donors (Lipinski definition) is 1. The number of aromatic nitrogens is 2. The number of carbonyl (C=O) groups excluding carboxylic acids is 1. The number of rotatable bonds is 6. The van der Waals surface area contributed by atoms with Crippen LogP contribution in [0.4, 0.5) is 4.39 Å². The van der Waals surface area contributed by atoms with Gasteiger partial charge in [-0.3, -0.25) is 4.79 Å². The molecule has 3 rings (SSSR count). The van der Waals surface area contributed by atoms with Crippen LogP contribution in [0.2, 0.25) is 0 Å². The van der Waals surface area contributed by atoms with Crippen LogP contribution in [0.15, 0.2) is 41.6 Å². The van der Waals surface area contributed by atoms with Gasteiger partial charge in [-0.2, -0.15) is 0 Å². The van der Waals surface area contributed by atoms with Gasteiger partial charge in [0, 0.05) is 24.9 Å². The molecule has 24 heavy (non-hydrogen) atoms. The summed E-state index contributed by atoms with van der Waals surface area (Å²) in [7, 11) is -3.58. The zero-order chi connectivity index (χ0) is 17.2. The summed E-state index contributed by atoms with van der Waals surface area (Å²) in [4.78, 5) is 20.3. The van der Waals surface area contributed by atoms with Crippen molar-refractivity contribution in [2.75, 3.05) is 12.3 Å². The zero-order valence-electron chi connectivity index (χ0n) is 12.8. The molecule has 0 bridgehead atoms.